The van der Waals surface area contributed by atoms with Crippen LogP contribution in [0.4, 0.5) is 0 Å². The quantitative estimate of drug-likeness (QED) is 0.756. The molecule has 0 aliphatic carbocycles. The molecule has 2 aromatic rings. The van der Waals surface area contributed by atoms with Gasteiger partial charge in [-0.15, -0.1) is 11.3 Å². The molecule has 13 heavy (non-hydrogen) atoms. The number of carboxylic acid groups (broad SMARTS) is 1. The Bertz CT molecular complexity index is 475. The maximum atomic E-state index is 10.6. The van der Waals surface area contributed by atoms with Gasteiger partial charge in [-0.05, 0) is 24.4 Å². The fraction of sp³-hybridized carbons (Fsp3) is 0.111. The minimum Gasteiger partial charge on any atom is -0.477 e. The highest BCUT2D eigenvalue weighted by molar-refractivity contribution is 7.18. The summed E-state index contributed by atoms with van der Waals surface area (Å²) in [6.07, 6.45) is 1.61. The molecule has 0 saturated carbocycles. The Balaban J connectivity index is 2.67. The number of pyridine rings is 1. The Morgan fingerprint density at radius 1 is 1.54 bits per heavy atom. The number of aromatic nitrogens is 1. The van der Waals surface area contributed by atoms with E-state index < -0.39 is 5.97 Å². The van der Waals surface area contributed by atoms with Crippen molar-refractivity contribution in [3.05, 3.63) is 28.9 Å². The molecule has 0 unspecified atom stereocenters. The zero-order valence-electron chi connectivity index (χ0n) is 6.94. The summed E-state index contributed by atoms with van der Waals surface area (Å²) in [6, 6.07) is 3.56. The summed E-state index contributed by atoms with van der Waals surface area (Å²) in [7, 11) is 0. The average molecular weight is 193 g/mol. The molecule has 0 spiro atoms. The Labute approximate surface area is 78.7 Å². The molecule has 1 N–H and O–H groups in total. The predicted octanol–water partition coefficient (Wildman–Crippen LogP) is 2.30. The first kappa shape index (κ1) is 8.19. The van der Waals surface area contributed by atoms with E-state index in [-0.39, 0.29) is 5.69 Å². The van der Waals surface area contributed by atoms with Gasteiger partial charge in [-0.25, -0.2) is 9.78 Å². The van der Waals surface area contributed by atoms with E-state index in [9.17, 15) is 4.79 Å². The summed E-state index contributed by atoms with van der Waals surface area (Å²) < 4.78 is 1.03. The van der Waals surface area contributed by atoms with Crippen molar-refractivity contribution in [3.8, 4) is 0 Å². The number of thiophene rings is 1. The fourth-order valence-corrected chi connectivity index (χ4v) is 2.07. The van der Waals surface area contributed by atoms with Crippen LogP contribution in [0.15, 0.2) is 18.3 Å². The van der Waals surface area contributed by atoms with Crippen molar-refractivity contribution in [2.45, 2.75) is 6.92 Å². The molecule has 2 aromatic heterocycles. The highest BCUT2D eigenvalue weighted by atomic mass is 32.1. The van der Waals surface area contributed by atoms with Crippen molar-refractivity contribution in [2.24, 2.45) is 0 Å². The van der Waals surface area contributed by atoms with Gasteiger partial charge in [0, 0.05) is 11.1 Å². The lowest BCUT2D eigenvalue weighted by molar-refractivity contribution is 0.0691. The lowest BCUT2D eigenvalue weighted by Crippen LogP contribution is -1.98. The van der Waals surface area contributed by atoms with Crippen molar-refractivity contribution in [1.82, 2.24) is 4.98 Å². The highest BCUT2D eigenvalue weighted by Crippen LogP contribution is 2.24. The van der Waals surface area contributed by atoms with Crippen molar-refractivity contribution in [1.29, 1.82) is 0 Å². The number of carboxylic acids is 1. The van der Waals surface area contributed by atoms with Crippen LogP contribution in [0.5, 0.6) is 0 Å². The monoisotopic (exact) mass is 193 g/mol. The average Bonchev–Trinajstić information content (AvgIpc) is 2.42. The van der Waals surface area contributed by atoms with E-state index in [1.807, 2.05) is 13.0 Å². The third-order valence-corrected chi connectivity index (χ3v) is 2.75. The van der Waals surface area contributed by atoms with Crippen molar-refractivity contribution >= 4 is 27.4 Å². The van der Waals surface area contributed by atoms with Gasteiger partial charge in [-0.3, -0.25) is 0 Å². The fourth-order valence-electron chi connectivity index (χ4n) is 1.20. The molecule has 2 heterocycles. The molecule has 0 fully saturated rings. The standard InChI is InChI=1S/C9H7NO2S/c1-5-2-6-3-7(9(11)12)10-4-8(6)13-5/h2-4H,1H3,(H,11,12). The first-order valence-electron chi connectivity index (χ1n) is 3.76. The van der Waals surface area contributed by atoms with Gasteiger partial charge in [0.15, 0.2) is 0 Å². The Morgan fingerprint density at radius 3 is 3.00 bits per heavy atom. The molecular formula is C9H7NO2S. The highest BCUT2D eigenvalue weighted by Gasteiger charge is 2.06. The largest absolute Gasteiger partial charge is 0.477 e. The second-order valence-electron chi connectivity index (χ2n) is 2.77. The topological polar surface area (TPSA) is 50.2 Å². The van der Waals surface area contributed by atoms with Gasteiger partial charge >= 0.3 is 5.97 Å². The van der Waals surface area contributed by atoms with E-state index in [2.05, 4.69) is 4.98 Å². The van der Waals surface area contributed by atoms with Crippen molar-refractivity contribution < 1.29 is 9.90 Å². The molecule has 0 atom stereocenters. The zero-order valence-corrected chi connectivity index (χ0v) is 7.76. The molecule has 0 aliphatic rings. The number of rotatable bonds is 1. The number of hydrogen-bond donors (Lipinski definition) is 1. The van der Waals surface area contributed by atoms with E-state index in [1.165, 1.54) is 4.88 Å². The summed E-state index contributed by atoms with van der Waals surface area (Å²) >= 11 is 1.62. The number of nitrogens with zero attached hydrogens (tertiary/aromatic N) is 1. The summed E-state index contributed by atoms with van der Waals surface area (Å²) in [5, 5.41) is 9.65. The SMILES string of the molecule is Cc1cc2cc(C(=O)O)ncc2s1. The van der Waals surface area contributed by atoms with Crippen LogP contribution in [0.2, 0.25) is 0 Å². The second kappa shape index (κ2) is 2.81. The molecular weight excluding hydrogens is 186 g/mol. The van der Waals surface area contributed by atoms with E-state index >= 15 is 0 Å². The summed E-state index contributed by atoms with van der Waals surface area (Å²) in [5.74, 6) is -0.981. The van der Waals surface area contributed by atoms with Gasteiger partial charge in [0.1, 0.15) is 5.69 Å². The van der Waals surface area contributed by atoms with Gasteiger partial charge in [0.2, 0.25) is 0 Å². The van der Waals surface area contributed by atoms with Crippen LogP contribution in [0.25, 0.3) is 10.1 Å². The molecule has 0 aliphatic heterocycles. The van der Waals surface area contributed by atoms with Gasteiger partial charge in [-0.1, -0.05) is 0 Å². The maximum absolute atomic E-state index is 10.6. The van der Waals surface area contributed by atoms with Crippen LogP contribution in [-0.4, -0.2) is 16.1 Å². The minimum atomic E-state index is -0.981. The lowest BCUT2D eigenvalue weighted by atomic mass is 10.2. The third-order valence-electron chi connectivity index (χ3n) is 1.75. The molecule has 3 nitrogen and oxygen atoms in total. The van der Waals surface area contributed by atoms with Gasteiger partial charge in [0.05, 0.1) is 4.70 Å². The van der Waals surface area contributed by atoms with Crippen LogP contribution in [0.3, 0.4) is 0 Å². The minimum absolute atomic E-state index is 0.102. The van der Waals surface area contributed by atoms with Crippen LogP contribution in [0, 0.1) is 6.92 Å². The van der Waals surface area contributed by atoms with E-state index in [0.29, 0.717) is 0 Å². The number of aryl methyl sites for hydroxylation is 1. The number of fused-ring (bicyclic) bond motifs is 1. The number of carbonyl (C=O) groups is 1. The summed E-state index contributed by atoms with van der Waals surface area (Å²) in [5.41, 5.74) is 0.102. The van der Waals surface area contributed by atoms with E-state index in [0.717, 1.165) is 10.1 Å². The summed E-state index contributed by atoms with van der Waals surface area (Å²) in [6.45, 7) is 1.99. The Hall–Kier alpha value is -1.42. The summed E-state index contributed by atoms with van der Waals surface area (Å²) in [4.78, 5) is 15.6. The van der Waals surface area contributed by atoms with Crippen LogP contribution in [0.1, 0.15) is 15.4 Å². The van der Waals surface area contributed by atoms with Crippen LogP contribution < -0.4 is 0 Å². The van der Waals surface area contributed by atoms with Crippen molar-refractivity contribution in [2.75, 3.05) is 0 Å². The zero-order chi connectivity index (χ0) is 9.42. The first-order valence-corrected chi connectivity index (χ1v) is 4.58. The van der Waals surface area contributed by atoms with Gasteiger partial charge in [-0.2, -0.15) is 0 Å². The molecule has 0 saturated heterocycles. The molecule has 0 radical (unpaired) electrons. The maximum Gasteiger partial charge on any atom is 0.354 e. The molecule has 2 rings (SSSR count). The smallest absolute Gasteiger partial charge is 0.354 e. The first-order chi connectivity index (χ1) is 6.16. The normalized spacial score (nSPS) is 10.5. The lowest BCUT2D eigenvalue weighted by Gasteiger charge is -1.91. The van der Waals surface area contributed by atoms with Crippen molar-refractivity contribution in [3.63, 3.8) is 0 Å². The number of hydrogen-bond acceptors (Lipinski definition) is 3. The second-order valence-corrected chi connectivity index (χ2v) is 4.06. The molecule has 66 valence electrons. The van der Waals surface area contributed by atoms with Crippen LogP contribution in [-0.2, 0) is 0 Å². The van der Waals surface area contributed by atoms with Gasteiger partial charge < -0.3 is 5.11 Å². The Kier molecular flexibility index (Phi) is 1.77. The van der Waals surface area contributed by atoms with Crippen LogP contribution >= 0.6 is 11.3 Å². The number of aromatic carboxylic acids is 1. The van der Waals surface area contributed by atoms with E-state index in [4.69, 9.17) is 5.11 Å². The molecule has 0 bridgehead atoms. The molecule has 0 aromatic carbocycles. The Morgan fingerprint density at radius 2 is 2.31 bits per heavy atom. The third kappa shape index (κ3) is 1.40. The van der Waals surface area contributed by atoms with Gasteiger partial charge in [0.25, 0.3) is 0 Å². The predicted molar refractivity (Wildman–Crippen MR) is 51.3 cm³/mol. The van der Waals surface area contributed by atoms with E-state index in [1.54, 1.807) is 23.6 Å². The molecule has 0 amide bonds. The molecule has 4 heteroatoms.